The number of carbonyl (C=O) groups is 1. The Kier molecular flexibility index (Phi) is 3.20. The Morgan fingerprint density at radius 3 is 2.29 bits per heavy atom. The maximum Gasteiger partial charge on any atom is 0.167 e. The van der Waals surface area contributed by atoms with Crippen LogP contribution in [0.5, 0.6) is 0 Å². The maximum atomic E-state index is 9.79. The Bertz CT molecular complexity index is 73.3. The second-order valence-corrected chi connectivity index (χ2v) is 3.83. The van der Waals surface area contributed by atoms with Gasteiger partial charge < -0.3 is 4.79 Å². The van der Waals surface area contributed by atoms with Crippen LogP contribution >= 0.6 is 39.1 Å². The van der Waals surface area contributed by atoms with E-state index in [1.165, 1.54) is 0 Å². The zero-order valence-electron chi connectivity index (χ0n) is 3.33. The van der Waals surface area contributed by atoms with Crippen LogP contribution in [0.3, 0.4) is 0 Å². The molecule has 0 aromatic rings. The van der Waals surface area contributed by atoms with Crippen molar-refractivity contribution in [2.75, 3.05) is 5.88 Å². The van der Waals surface area contributed by atoms with Gasteiger partial charge in [-0.3, -0.25) is 0 Å². The zero-order valence-corrected chi connectivity index (χ0v) is 6.42. The first-order valence-electron chi connectivity index (χ1n) is 1.52. The Balaban J connectivity index is 3.58. The molecule has 42 valence electrons. The van der Waals surface area contributed by atoms with Crippen LogP contribution in [0.25, 0.3) is 0 Å². The summed E-state index contributed by atoms with van der Waals surface area (Å²) < 4.78 is -1.05. The standard InChI is InChI=1S/C3H3BrCl2O/c4-3(6,1-5)2-7/h2H,1H2. The van der Waals surface area contributed by atoms with E-state index < -0.39 is 3.78 Å². The second kappa shape index (κ2) is 2.90. The summed E-state index contributed by atoms with van der Waals surface area (Å²) >= 11 is 13.4. The van der Waals surface area contributed by atoms with Crippen molar-refractivity contribution in [1.29, 1.82) is 0 Å². The van der Waals surface area contributed by atoms with Gasteiger partial charge in [0.1, 0.15) is 0 Å². The highest BCUT2D eigenvalue weighted by molar-refractivity contribution is 9.10. The van der Waals surface area contributed by atoms with Crippen molar-refractivity contribution in [2.24, 2.45) is 0 Å². The molecule has 0 saturated heterocycles. The fraction of sp³-hybridized carbons (Fsp3) is 0.667. The molecule has 0 fully saturated rings. The van der Waals surface area contributed by atoms with Gasteiger partial charge in [-0.25, -0.2) is 0 Å². The molecule has 0 N–H and O–H groups in total. The number of halogens is 3. The summed E-state index contributed by atoms with van der Waals surface area (Å²) in [6.07, 6.45) is 0.543. The van der Waals surface area contributed by atoms with Gasteiger partial charge in [-0.2, -0.15) is 0 Å². The molecule has 1 nitrogen and oxygen atoms in total. The summed E-state index contributed by atoms with van der Waals surface area (Å²) in [5.41, 5.74) is 0. The molecule has 0 aliphatic carbocycles. The van der Waals surface area contributed by atoms with E-state index in [2.05, 4.69) is 15.9 Å². The van der Waals surface area contributed by atoms with Crippen LogP contribution in [-0.4, -0.2) is 15.9 Å². The van der Waals surface area contributed by atoms with Crippen LogP contribution in [0.4, 0.5) is 0 Å². The first kappa shape index (κ1) is 7.73. The van der Waals surface area contributed by atoms with E-state index >= 15 is 0 Å². The lowest BCUT2D eigenvalue weighted by molar-refractivity contribution is -0.107. The molecule has 0 spiro atoms. The second-order valence-electron chi connectivity index (χ2n) is 1.01. The first-order valence-corrected chi connectivity index (χ1v) is 3.23. The van der Waals surface area contributed by atoms with Gasteiger partial charge in [0, 0.05) is 0 Å². The highest BCUT2D eigenvalue weighted by Gasteiger charge is 2.19. The van der Waals surface area contributed by atoms with E-state index in [9.17, 15) is 4.79 Å². The number of hydrogen-bond donors (Lipinski definition) is 0. The van der Waals surface area contributed by atoms with Crippen molar-refractivity contribution in [3.8, 4) is 0 Å². The minimum Gasteiger partial charge on any atom is -0.300 e. The highest BCUT2D eigenvalue weighted by Crippen LogP contribution is 2.21. The third kappa shape index (κ3) is 3.32. The summed E-state index contributed by atoms with van der Waals surface area (Å²) in [6, 6.07) is 0. The quantitative estimate of drug-likeness (QED) is 0.496. The fourth-order valence-corrected chi connectivity index (χ4v) is 0.0945. The summed E-state index contributed by atoms with van der Waals surface area (Å²) in [6.45, 7) is 0. The smallest absolute Gasteiger partial charge is 0.167 e. The molecule has 0 aromatic carbocycles. The first-order chi connectivity index (χ1) is 3.12. The minimum absolute atomic E-state index is 0.0814. The van der Waals surface area contributed by atoms with Crippen molar-refractivity contribution in [3.05, 3.63) is 0 Å². The van der Waals surface area contributed by atoms with Crippen LogP contribution < -0.4 is 0 Å². The lowest BCUT2D eigenvalue weighted by Gasteiger charge is -2.03. The number of alkyl halides is 3. The van der Waals surface area contributed by atoms with E-state index in [0.717, 1.165) is 0 Å². The van der Waals surface area contributed by atoms with Crippen LogP contribution in [0.15, 0.2) is 0 Å². The van der Waals surface area contributed by atoms with Crippen LogP contribution in [0.2, 0.25) is 0 Å². The minimum atomic E-state index is -1.05. The van der Waals surface area contributed by atoms with Gasteiger partial charge in [-0.15, -0.1) is 11.6 Å². The van der Waals surface area contributed by atoms with E-state index in [1.807, 2.05) is 0 Å². The Labute approximate surface area is 60.1 Å². The van der Waals surface area contributed by atoms with E-state index in [4.69, 9.17) is 23.2 Å². The summed E-state index contributed by atoms with van der Waals surface area (Å²) in [5, 5.41) is 0. The molecular weight excluding hydrogens is 203 g/mol. The Morgan fingerprint density at radius 1 is 1.86 bits per heavy atom. The van der Waals surface area contributed by atoms with Crippen molar-refractivity contribution >= 4 is 45.4 Å². The van der Waals surface area contributed by atoms with Gasteiger partial charge in [0.15, 0.2) is 10.1 Å². The van der Waals surface area contributed by atoms with Gasteiger partial charge in [0.25, 0.3) is 0 Å². The largest absolute Gasteiger partial charge is 0.300 e. The monoisotopic (exact) mass is 204 g/mol. The predicted molar refractivity (Wildman–Crippen MR) is 34.3 cm³/mol. The van der Waals surface area contributed by atoms with Crippen molar-refractivity contribution in [3.63, 3.8) is 0 Å². The summed E-state index contributed by atoms with van der Waals surface area (Å²) in [5.74, 6) is 0.0814. The molecule has 1 unspecified atom stereocenters. The van der Waals surface area contributed by atoms with E-state index in [0.29, 0.717) is 6.29 Å². The van der Waals surface area contributed by atoms with Crippen LogP contribution in [0.1, 0.15) is 0 Å². The maximum absolute atomic E-state index is 9.79. The van der Waals surface area contributed by atoms with Crippen LogP contribution in [0, 0.1) is 0 Å². The predicted octanol–water partition coefficient (Wildman–Crippen LogP) is 1.75. The molecule has 0 saturated carbocycles. The normalized spacial score (nSPS) is 18.1. The molecule has 0 bridgehead atoms. The topological polar surface area (TPSA) is 17.1 Å². The lowest BCUT2D eigenvalue weighted by atomic mass is 10.5. The van der Waals surface area contributed by atoms with E-state index in [1.54, 1.807) is 0 Å². The van der Waals surface area contributed by atoms with Gasteiger partial charge in [-0.1, -0.05) is 27.5 Å². The Hall–Kier alpha value is 0.730. The molecule has 1 atom stereocenters. The van der Waals surface area contributed by atoms with Crippen molar-refractivity contribution in [1.82, 2.24) is 0 Å². The average molecular weight is 206 g/mol. The zero-order chi connectivity index (χ0) is 5.91. The van der Waals surface area contributed by atoms with Gasteiger partial charge in [-0.05, 0) is 0 Å². The SMILES string of the molecule is O=CC(Cl)(Br)CCl. The Morgan fingerprint density at radius 2 is 2.29 bits per heavy atom. The summed E-state index contributed by atoms with van der Waals surface area (Å²) in [7, 11) is 0. The number of carbonyl (C=O) groups excluding carboxylic acids is 1. The van der Waals surface area contributed by atoms with E-state index in [-0.39, 0.29) is 5.88 Å². The molecule has 0 amide bonds. The number of rotatable bonds is 2. The highest BCUT2D eigenvalue weighted by atomic mass is 79.9. The molecule has 0 heterocycles. The number of hydrogen-bond acceptors (Lipinski definition) is 1. The summed E-state index contributed by atoms with van der Waals surface area (Å²) in [4.78, 5) is 9.79. The fourth-order valence-electron chi connectivity index (χ4n) is 0.0315. The molecule has 0 rings (SSSR count). The lowest BCUT2D eigenvalue weighted by Crippen LogP contribution is -2.14. The van der Waals surface area contributed by atoms with Crippen molar-refractivity contribution in [2.45, 2.75) is 3.78 Å². The molecule has 0 aliphatic heterocycles. The third-order valence-corrected chi connectivity index (χ3v) is 1.92. The number of aldehydes is 1. The van der Waals surface area contributed by atoms with Gasteiger partial charge in [0.05, 0.1) is 5.88 Å². The van der Waals surface area contributed by atoms with Gasteiger partial charge >= 0.3 is 0 Å². The van der Waals surface area contributed by atoms with Gasteiger partial charge in [0.2, 0.25) is 0 Å². The van der Waals surface area contributed by atoms with Crippen molar-refractivity contribution < 1.29 is 4.79 Å². The third-order valence-electron chi connectivity index (χ3n) is 0.351. The molecule has 7 heavy (non-hydrogen) atoms. The van der Waals surface area contributed by atoms with Crippen LogP contribution in [-0.2, 0) is 4.79 Å². The molecule has 0 aromatic heterocycles. The average Bonchev–Trinajstić information content (AvgIpc) is 1.68. The molecule has 0 aliphatic rings. The molecular formula is C3H3BrCl2O. The molecule has 0 radical (unpaired) electrons. The molecule has 4 heteroatoms.